The van der Waals surface area contributed by atoms with E-state index in [1.54, 1.807) is 12.1 Å². The summed E-state index contributed by atoms with van der Waals surface area (Å²) in [7, 11) is -4.06. The maximum absolute atomic E-state index is 13.9. The molecule has 0 aromatic heterocycles. The Bertz CT molecular complexity index is 1510. The molecule has 40 heavy (non-hydrogen) atoms. The van der Waals surface area contributed by atoms with Crippen LogP contribution in [0.1, 0.15) is 54.2 Å². The van der Waals surface area contributed by atoms with Gasteiger partial charge in [0.2, 0.25) is 11.8 Å². The molecule has 1 heterocycles. The van der Waals surface area contributed by atoms with Crippen LogP contribution in [0.4, 0.5) is 0 Å². The zero-order chi connectivity index (χ0) is 29.1. The van der Waals surface area contributed by atoms with Crippen molar-refractivity contribution in [2.24, 2.45) is 0 Å². The molecule has 0 saturated carbocycles. The van der Waals surface area contributed by atoms with Crippen molar-refractivity contribution in [1.29, 1.82) is 0 Å². The van der Waals surface area contributed by atoms with Crippen LogP contribution in [-0.2, 0) is 32.6 Å². The van der Waals surface area contributed by atoms with Crippen LogP contribution in [0.2, 0.25) is 0 Å². The largest absolute Gasteiger partial charge is 0.350 e. The summed E-state index contributed by atoms with van der Waals surface area (Å²) in [6, 6.07) is 22.2. The predicted molar refractivity (Wildman–Crippen MR) is 153 cm³/mol. The molecule has 1 atom stereocenters. The van der Waals surface area contributed by atoms with Gasteiger partial charge in [0.1, 0.15) is 10.9 Å². The van der Waals surface area contributed by atoms with Crippen molar-refractivity contribution in [3.8, 4) is 0 Å². The molecule has 0 spiro atoms. The van der Waals surface area contributed by atoms with E-state index in [1.807, 2.05) is 82.3 Å². The molecule has 0 fully saturated rings. The van der Waals surface area contributed by atoms with E-state index in [0.29, 0.717) is 0 Å². The smallest absolute Gasteiger partial charge is 0.269 e. The van der Waals surface area contributed by atoms with Crippen LogP contribution in [0.5, 0.6) is 0 Å². The lowest BCUT2D eigenvalue weighted by molar-refractivity contribution is -0.142. The number of rotatable bonds is 9. The number of hydrogen-bond acceptors (Lipinski definition) is 5. The highest BCUT2D eigenvalue weighted by Gasteiger charge is 2.41. The van der Waals surface area contributed by atoms with Gasteiger partial charge in [0.05, 0.1) is 5.56 Å². The fourth-order valence-corrected chi connectivity index (χ4v) is 6.34. The number of aryl methyl sites for hydroxylation is 1. The summed E-state index contributed by atoms with van der Waals surface area (Å²) in [4.78, 5) is 42.0. The van der Waals surface area contributed by atoms with Crippen molar-refractivity contribution in [3.63, 3.8) is 0 Å². The lowest BCUT2D eigenvalue weighted by Gasteiger charge is -2.34. The van der Waals surface area contributed by atoms with E-state index in [2.05, 4.69) is 5.32 Å². The van der Waals surface area contributed by atoms with Crippen LogP contribution in [0.25, 0.3) is 0 Å². The Kier molecular flexibility index (Phi) is 8.44. The Hall–Kier alpha value is -3.98. The lowest BCUT2D eigenvalue weighted by atomic mass is 9.99. The number of carbonyl (C=O) groups is 3. The van der Waals surface area contributed by atoms with Crippen LogP contribution in [-0.4, -0.2) is 53.5 Å². The summed E-state index contributed by atoms with van der Waals surface area (Å²) >= 11 is 0. The zero-order valence-electron chi connectivity index (χ0n) is 23.3. The van der Waals surface area contributed by atoms with Gasteiger partial charge in [-0.1, -0.05) is 66.7 Å². The fourth-order valence-electron chi connectivity index (χ4n) is 4.77. The minimum Gasteiger partial charge on any atom is -0.350 e. The van der Waals surface area contributed by atoms with Crippen molar-refractivity contribution >= 4 is 27.7 Å². The van der Waals surface area contributed by atoms with Crippen molar-refractivity contribution in [3.05, 3.63) is 101 Å². The van der Waals surface area contributed by atoms with E-state index < -0.39 is 33.4 Å². The Morgan fingerprint density at radius 2 is 1.55 bits per heavy atom. The molecule has 1 aliphatic rings. The highest BCUT2D eigenvalue weighted by atomic mass is 32.2. The molecule has 3 aromatic carbocycles. The average molecular weight is 562 g/mol. The maximum atomic E-state index is 13.9. The van der Waals surface area contributed by atoms with Gasteiger partial charge in [-0.05, 0) is 56.5 Å². The summed E-state index contributed by atoms with van der Waals surface area (Å²) in [6.07, 6.45) is 0.00564. The number of carbonyl (C=O) groups excluding carboxylic acids is 3. The van der Waals surface area contributed by atoms with E-state index in [-0.39, 0.29) is 42.3 Å². The second-order valence-corrected chi connectivity index (χ2v) is 12.9. The highest BCUT2D eigenvalue weighted by Crippen LogP contribution is 2.30. The monoisotopic (exact) mass is 561 g/mol. The number of fused-ring (bicyclic) bond motifs is 1. The normalized spacial score (nSPS) is 14.9. The van der Waals surface area contributed by atoms with Gasteiger partial charge in [-0.2, -0.15) is 0 Å². The summed E-state index contributed by atoms with van der Waals surface area (Å²) in [5.74, 6) is -1.39. The average Bonchev–Trinajstić information content (AvgIpc) is 3.10. The summed E-state index contributed by atoms with van der Waals surface area (Å²) in [5, 5.41) is 3.01. The molecule has 1 N–H and O–H groups in total. The Morgan fingerprint density at radius 3 is 2.20 bits per heavy atom. The van der Waals surface area contributed by atoms with Crippen molar-refractivity contribution < 1.29 is 22.8 Å². The minimum absolute atomic E-state index is 0.0595. The van der Waals surface area contributed by atoms with Crippen LogP contribution in [0, 0.1) is 6.92 Å². The summed E-state index contributed by atoms with van der Waals surface area (Å²) in [5.41, 5.74) is 2.27. The molecule has 210 valence electrons. The number of benzene rings is 3. The van der Waals surface area contributed by atoms with Crippen molar-refractivity contribution in [2.45, 2.75) is 63.6 Å². The van der Waals surface area contributed by atoms with Gasteiger partial charge >= 0.3 is 0 Å². The third-order valence-corrected chi connectivity index (χ3v) is 8.65. The van der Waals surface area contributed by atoms with Crippen LogP contribution in [0.3, 0.4) is 0 Å². The first-order valence-corrected chi connectivity index (χ1v) is 14.7. The second kappa shape index (κ2) is 11.6. The first kappa shape index (κ1) is 29.0. The SMILES string of the molecule is Cc1ccccc1CN(C(=O)CCN1C(=O)c2ccccc2S1(=O)=O)[C@@H](Cc1ccccc1)C(=O)NC(C)(C)C. The molecule has 4 rings (SSSR count). The Balaban J connectivity index is 1.66. The van der Waals surface area contributed by atoms with E-state index in [0.717, 1.165) is 21.0 Å². The minimum atomic E-state index is -4.06. The van der Waals surface area contributed by atoms with E-state index in [9.17, 15) is 22.8 Å². The van der Waals surface area contributed by atoms with E-state index >= 15 is 0 Å². The molecule has 3 amide bonds. The van der Waals surface area contributed by atoms with Gasteiger partial charge in [-0.3, -0.25) is 14.4 Å². The number of nitrogens with zero attached hydrogens (tertiary/aromatic N) is 2. The second-order valence-electron chi connectivity index (χ2n) is 11.0. The van der Waals surface area contributed by atoms with Crippen LogP contribution < -0.4 is 5.32 Å². The molecule has 0 saturated heterocycles. The Labute approximate surface area is 236 Å². The molecule has 8 nitrogen and oxygen atoms in total. The Morgan fingerprint density at radius 1 is 0.925 bits per heavy atom. The van der Waals surface area contributed by atoms with Gasteiger partial charge in [0.25, 0.3) is 15.9 Å². The number of sulfonamides is 1. The molecule has 0 unspecified atom stereocenters. The zero-order valence-corrected chi connectivity index (χ0v) is 24.1. The van der Waals surface area contributed by atoms with E-state index in [4.69, 9.17) is 0 Å². The first-order valence-electron chi connectivity index (χ1n) is 13.2. The van der Waals surface area contributed by atoms with Gasteiger partial charge in [0.15, 0.2) is 0 Å². The maximum Gasteiger partial charge on any atom is 0.269 e. The molecule has 1 aliphatic heterocycles. The molecule has 0 aliphatic carbocycles. The molecule has 0 radical (unpaired) electrons. The first-order chi connectivity index (χ1) is 18.9. The summed E-state index contributed by atoms with van der Waals surface area (Å²) in [6.45, 7) is 7.39. The highest BCUT2D eigenvalue weighted by molar-refractivity contribution is 7.90. The number of amides is 3. The van der Waals surface area contributed by atoms with Crippen LogP contribution in [0.15, 0.2) is 83.8 Å². The molecular weight excluding hydrogens is 526 g/mol. The predicted octanol–water partition coefficient (Wildman–Crippen LogP) is 4.08. The van der Waals surface area contributed by atoms with Crippen molar-refractivity contribution in [1.82, 2.24) is 14.5 Å². The quantitative estimate of drug-likeness (QED) is 0.424. The third kappa shape index (κ3) is 6.42. The molecule has 9 heteroatoms. The number of hydrogen-bond donors (Lipinski definition) is 1. The fraction of sp³-hybridized carbons (Fsp3) is 0.323. The molecule has 0 bridgehead atoms. The van der Waals surface area contributed by atoms with Gasteiger partial charge in [-0.25, -0.2) is 12.7 Å². The van der Waals surface area contributed by atoms with Crippen LogP contribution >= 0.6 is 0 Å². The van der Waals surface area contributed by atoms with Gasteiger partial charge in [-0.15, -0.1) is 0 Å². The van der Waals surface area contributed by atoms with Crippen molar-refractivity contribution in [2.75, 3.05) is 6.54 Å². The molecular formula is C31H35N3O5S. The summed E-state index contributed by atoms with van der Waals surface area (Å²) < 4.78 is 26.9. The lowest BCUT2D eigenvalue weighted by Crippen LogP contribution is -2.54. The molecule has 3 aromatic rings. The topological polar surface area (TPSA) is 104 Å². The number of nitrogens with one attached hydrogen (secondary N) is 1. The third-order valence-electron chi connectivity index (χ3n) is 6.81. The van der Waals surface area contributed by atoms with E-state index in [1.165, 1.54) is 17.0 Å². The van der Waals surface area contributed by atoms with Gasteiger partial charge < -0.3 is 10.2 Å². The van der Waals surface area contributed by atoms with Gasteiger partial charge in [0, 0.05) is 31.5 Å². The standard InChI is InChI=1S/C31H35N3O5S/c1-22-12-8-9-15-24(22)21-33(26(29(36)32-31(2,3)4)20-23-13-6-5-7-14-23)28(35)18-19-34-30(37)25-16-10-11-17-27(25)40(34,38)39/h5-17,26H,18-21H2,1-4H3,(H,32,36)/t26-/m0/s1.